The van der Waals surface area contributed by atoms with E-state index < -0.39 is 12.1 Å². The van der Waals surface area contributed by atoms with Crippen molar-refractivity contribution in [1.82, 2.24) is 5.32 Å². The zero-order valence-electron chi connectivity index (χ0n) is 15.0. The summed E-state index contributed by atoms with van der Waals surface area (Å²) < 4.78 is 16.1. The summed E-state index contributed by atoms with van der Waals surface area (Å²) in [4.78, 5) is 23.8. The smallest absolute Gasteiger partial charge is 0.339 e. The second-order valence-electron chi connectivity index (χ2n) is 5.84. The van der Waals surface area contributed by atoms with Gasteiger partial charge in [-0.3, -0.25) is 4.79 Å². The van der Waals surface area contributed by atoms with Crippen LogP contribution < -0.4 is 14.8 Å². The standard InChI is InChI=1S/C18H27NO5/c1-6-19-17(20)13(4)24-18(21)14-7-8-15(16(11-14)22-5)23-10-9-12(2)3/h7-8,11-13H,6,9-10H2,1-5H3,(H,19,20)/t13-/m0/s1. The Morgan fingerprint density at radius 1 is 1.17 bits per heavy atom. The number of carbonyl (C=O) groups excluding carboxylic acids is 2. The Morgan fingerprint density at radius 2 is 1.88 bits per heavy atom. The number of carbonyl (C=O) groups is 2. The SMILES string of the molecule is CCNC(=O)[C@H](C)OC(=O)c1ccc(OCCC(C)C)c(OC)c1. The first-order valence-electron chi connectivity index (χ1n) is 8.18. The summed E-state index contributed by atoms with van der Waals surface area (Å²) in [7, 11) is 1.51. The second kappa shape index (κ2) is 9.80. The van der Waals surface area contributed by atoms with Crippen LogP contribution in [0.2, 0.25) is 0 Å². The van der Waals surface area contributed by atoms with Crippen LogP contribution in [-0.4, -0.2) is 38.2 Å². The molecule has 0 aliphatic carbocycles. The lowest BCUT2D eigenvalue weighted by atomic mass is 10.1. The molecule has 134 valence electrons. The Morgan fingerprint density at radius 3 is 2.46 bits per heavy atom. The molecule has 0 bridgehead atoms. The van der Waals surface area contributed by atoms with Gasteiger partial charge in [0.2, 0.25) is 0 Å². The quantitative estimate of drug-likeness (QED) is 0.701. The third kappa shape index (κ3) is 6.10. The highest BCUT2D eigenvalue weighted by Gasteiger charge is 2.19. The number of rotatable bonds is 9. The Bertz CT molecular complexity index is 556. The number of hydrogen-bond acceptors (Lipinski definition) is 5. The second-order valence-corrected chi connectivity index (χ2v) is 5.84. The largest absolute Gasteiger partial charge is 0.493 e. The molecule has 0 aliphatic heterocycles. The number of ether oxygens (including phenoxy) is 3. The first kappa shape index (κ1) is 19.8. The zero-order valence-corrected chi connectivity index (χ0v) is 15.0. The first-order valence-corrected chi connectivity index (χ1v) is 8.18. The molecule has 0 fully saturated rings. The van der Waals surface area contributed by atoms with Crippen LogP contribution in [0, 0.1) is 5.92 Å². The molecule has 1 rings (SSSR count). The lowest BCUT2D eigenvalue weighted by molar-refractivity contribution is -0.128. The molecule has 6 heteroatoms. The molecule has 0 heterocycles. The van der Waals surface area contributed by atoms with E-state index in [2.05, 4.69) is 19.2 Å². The first-order chi connectivity index (χ1) is 11.4. The van der Waals surface area contributed by atoms with Gasteiger partial charge >= 0.3 is 5.97 Å². The van der Waals surface area contributed by atoms with Crippen molar-refractivity contribution < 1.29 is 23.8 Å². The molecule has 1 atom stereocenters. The van der Waals surface area contributed by atoms with E-state index in [1.807, 2.05) is 0 Å². The normalized spacial score (nSPS) is 11.8. The average molecular weight is 337 g/mol. The summed E-state index contributed by atoms with van der Waals surface area (Å²) in [6.45, 7) is 8.63. The van der Waals surface area contributed by atoms with Crippen LogP contribution in [0.25, 0.3) is 0 Å². The van der Waals surface area contributed by atoms with Gasteiger partial charge in [-0.15, -0.1) is 0 Å². The molecule has 24 heavy (non-hydrogen) atoms. The van der Waals surface area contributed by atoms with Crippen molar-refractivity contribution in [2.75, 3.05) is 20.3 Å². The Labute approximate surface area is 143 Å². The maximum absolute atomic E-state index is 12.1. The summed E-state index contributed by atoms with van der Waals surface area (Å²) in [6.07, 6.45) is 0.0715. The molecule has 6 nitrogen and oxygen atoms in total. The molecule has 0 spiro atoms. The van der Waals surface area contributed by atoms with Gasteiger partial charge in [-0.1, -0.05) is 13.8 Å². The molecule has 1 amide bonds. The van der Waals surface area contributed by atoms with Gasteiger partial charge in [0.05, 0.1) is 19.3 Å². The zero-order chi connectivity index (χ0) is 18.1. The number of benzene rings is 1. The van der Waals surface area contributed by atoms with E-state index in [9.17, 15) is 9.59 Å². The highest BCUT2D eigenvalue weighted by molar-refractivity contribution is 5.92. The fraction of sp³-hybridized carbons (Fsp3) is 0.556. The van der Waals surface area contributed by atoms with Crippen LogP contribution in [0.1, 0.15) is 44.5 Å². The fourth-order valence-electron chi connectivity index (χ4n) is 1.92. The monoisotopic (exact) mass is 337 g/mol. The van der Waals surface area contributed by atoms with E-state index in [1.165, 1.54) is 14.0 Å². The summed E-state index contributed by atoms with van der Waals surface area (Å²) >= 11 is 0. The van der Waals surface area contributed by atoms with E-state index in [0.717, 1.165) is 6.42 Å². The Balaban J connectivity index is 2.75. The van der Waals surface area contributed by atoms with Crippen molar-refractivity contribution in [2.45, 2.75) is 40.2 Å². The molecular formula is C18H27NO5. The van der Waals surface area contributed by atoms with Crippen LogP contribution >= 0.6 is 0 Å². The number of likely N-dealkylation sites (N-methyl/N-ethyl adjacent to an activating group) is 1. The van der Waals surface area contributed by atoms with Gasteiger partial charge in [0.15, 0.2) is 17.6 Å². The fourth-order valence-corrected chi connectivity index (χ4v) is 1.92. The van der Waals surface area contributed by atoms with Crippen molar-refractivity contribution in [2.24, 2.45) is 5.92 Å². The molecule has 1 aromatic carbocycles. The third-order valence-corrected chi connectivity index (χ3v) is 3.36. The molecule has 1 N–H and O–H groups in total. The topological polar surface area (TPSA) is 73.9 Å². The van der Waals surface area contributed by atoms with E-state index in [1.54, 1.807) is 25.1 Å². The van der Waals surface area contributed by atoms with E-state index in [0.29, 0.717) is 36.1 Å². The molecule has 0 aliphatic rings. The highest BCUT2D eigenvalue weighted by Crippen LogP contribution is 2.28. The van der Waals surface area contributed by atoms with Crippen LogP contribution in [-0.2, 0) is 9.53 Å². The summed E-state index contributed by atoms with van der Waals surface area (Å²) in [5.74, 6) is 0.665. The van der Waals surface area contributed by atoms with Gasteiger partial charge in [-0.25, -0.2) is 4.79 Å². The van der Waals surface area contributed by atoms with Crippen molar-refractivity contribution >= 4 is 11.9 Å². The third-order valence-electron chi connectivity index (χ3n) is 3.36. The van der Waals surface area contributed by atoms with Crippen molar-refractivity contribution in [3.63, 3.8) is 0 Å². The molecule has 1 aromatic rings. The van der Waals surface area contributed by atoms with E-state index in [-0.39, 0.29) is 5.91 Å². The van der Waals surface area contributed by atoms with Gasteiger partial charge in [0, 0.05) is 6.54 Å². The van der Waals surface area contributed by atoms with Crippen molar-refractivity contribution in [3.8, 4) is 11.5 Å². The van der Waals surface area contributed by atoms with Gasteiger partial charge < -0.3 is 19.5 Å². The summed E-state index contributed by atoms with van der Waals surface area (Å²) in [5.41, 5.74) is 0.305. The Hall–Kier alpha value is -2.24. The van der Waals surface area contributed by atoms with Gasteiger partial charge in [-0.05, 0) is 44.4 Å². The summed E-state index contributed by atoms with van der Waals surface area (Å²) in [5, 5.41) is 2.61. The molecule has 0 saturated carbocycles. The van der Waals surface area contributed by atoms with Crippen molar-refractivity contribution in [1.29, 1.82) is 0 Å². The van der Waals surface area contributed by atoms with E-state index >= 15 is 0 Å². The number of methoxy groups -OCH3 is 1. The molecule has 0 aromatic heterocycles. The minimum atomic E-state index is -0.856. The van der Waals surface area contributed by atoms with Crippen LogP contribution in [0.4, 0.5) is 0 Å². The molecule has 0 radical (unpaired) electrons. The molecule has 0 unspecified atom stereocenters. The minimum absolute atomic E-state index is 0.305. The van der Waals surface area contributed by atoms with Crippen LogP contribution in [0.5, 0.6) is 11.5 Å². The maximum atomic E-state index is 12.1. The summed E-state index contributed by atoms with van der Waals surface area (Å²) in [6, 6.07) is 4.82. The van der Waals surface area contributed by atoms with Crippen LogP contribution in [0.3, 0.4) is 0 Å². The lowest BCUT2D eigenvalue weighted by Crippen LogP contribution is -2.35. The van der Waals surface area contributed by atoms with Gasteiger partial charge in [-0.2, -0.15) is 0 Å². The van der Waals surface area contributed by atoms with E-state index in [4.69, 9.17) is 14.2 Å². The predicted molar refractivity (Wildman–Crippen MR) is 91.5 cm³/mol. The number of esters is 1. The van der Waals surface area contributed by atoms with Gasteiger partial charge in [0.1, 0.15) is 0 Å². The van der Waals surface area contributed by atoms with Crippen molar-refractivity contribution in [3.05, 3.63) is 23.8 Å². The molecule has 0 saturated heterocycles. The minimum Gasteiger partial charge on any atom is -0.493 e. The van der Waals surface area contributed by atoms with Gasteiger partial charge in [0.25, 0.3) is 5.91 Å². The lowest BCUT2D eigenvalue weighted by Gasteiger charge is -2.15. The number of hydrogen-bond donors (Lipinski definition) is 1. The molecular weight excluding hydrogens is 310 g/mol. The number of nitrogens with one attached hydrogen (secondary N) is 1. The Kier molecular flexibility index (Phi) is 8.09. The maximum Gasteiger partial charge on any atom is 0.339 e. The van der Waals surface area contributed by atoms with Crippen LogP contribution in [0.15, 0.2) is 18.2 Å². The predicted octanol–water partition coefficient (Wildman–Crippen LogP) is 2.80. The average Bonchev–Trinajstić information content (AvgIpc) is 2.54. The highest BCUT2D eigenvalue weighted by atomic mass is 16.5. The number of amides is 1.